The van der Waals surface area contributed by atoms with Crippen molar-refractivity contribution in [3.8, 4) is 6.07 Å². The lowest BCUT2D eigenvalue weighted by molar-refractivity contribution is -0.142. The molecule has 0 aromatic heterocycles. The van der Waals surface area contributed by atoms with E-state index in [9.17, 15) is 9.59 Å². The van der Waals surface area contributed by atoms with Crippen molar-refractivity contribution in [1.82, 2.24) is 4.90 Å². The monoisotopic (exact) mass is 337 g/mol. The zero-order valence-corrected chi connectivity index (χ0v) is 13.5. The second kappa shape index (κ2) is 4.90. The van der Waals surface area contributed by atoms with Gasteiger partial charge in [-0.1, -0.05) is 17.3 Å². The highest BCUT2D eigenvalue weighted by Gasteiger charge is 2.71. The molecule has 4 aliphatic heterocycles. The molecule has 25 heavy (non-hydrogen) atoms. The third-order valence-electron chi connectivity index (χ3n) is 5.76. The quantitative estimate of drug-likeness (QED) is 0.740. The van der Waals surface area contributed by atoms with Crippen molar-refractivity contribution < 1.29 is 19.2 Å². The number of fused-ring (bicyclic) bond motifs is 8. The summed E-state index contributed by atoms with van der Waals surface area (Å²) in [5.74, 6) is -1.35. The van der Waals surface area contributed by atoms with Crippen LogP contribution in [0.25, 0.3) is 0 Å². The van der Waals surface area contributed by atoms with E-state index in [1.165, 1.54) is 4.90 Å². The van der Waals surface area contributed by atoms with Crippen LogP contribution >= 0.6 is 0 Å². The van der Waals surface area contributed by atoms with Crippen LogP contribution in [-0.4, -0.2) is 47.3 Å². The standard InChI is InChI=1S/C18H15N3O4/c1-2-21-17(22)10-11(18(21)23)15-16-12(14(10)24-15)13(20-25-16)9-5-3-8(7-19)4-6-9/h3-6,10-12,14-16H,2H2,1H3/t10-,11+,12+,14-,15-,16+/m1/s1. The molecule has 6 atom stereocenters. The van der Waals surface area contributed by atoms with Gasteiger partial charge in [-0.15, -0.1) is 0 Å². The predicted octanol–water partition coefficient (Wildman–Crippen LogP) is 0.679. The molecular formula is C18H15N3O4. The molecule has 0 radical (unpaired) electrons. The summed E-state index contributed by atoms with van der Waals surface area (Å²) >= 11 is 0. The Hall–Kier alpha value is -2.72. The molecule has 0 aliphatic carbocycles. The number of carbonyl (C=O) groups excluding carboxylic acids is 2. The van der Waals surface area contributed by atoms with Crippen molar-refractivity contribution in [2.24, 2.45) is 22.9 Å². The molecule has 126 valence electrons. The number of ether oxygens (including phenoxy) is 1. The fourth-order valence-corrected chi connectivity index (χ4v) is 4.68. The second-order valence-electron chi connectivity index (χ2n) is 6.80. The number of imide groups is 1. The molecule has 4 aliphatic rings. The number of carbonyl (C=O) groups is 2. The van der Waals surface area contributed by atoms with Crippen molar-refractivity contribution in [2.75, 3.05) is 6.54 Å². The van der Waals surface area contributed by atoms with Crippen molar-refractivity contribution in [3.63, 3.8) is 0 Å². The normalized spacial score (nSPS) is 37.6. The average Bonchev–Trinajstić information content (AvgIpc) is 3.35. The fraction of sp³-hybridized carbons (Fsp3) is 0.444. The van der Waals surface area contributed by atoms with Crippen LogP contribution in [0.4, 0.5) is 0 Å². The number of benzene rings is 1. The zero-order valence-electron chi connectivity index (χ0n) is 13.5. The predicted molar refractivity (Wildman–Crippen MR) is 84.1 cm³/mol. The van der Waals surface area contributed by atoms with Gasteiger partial charge in [0.1, 0.15) is 6.10 Å². The molecule has 2 bridgehead atoms. The van der Waals surface area contributed by atoms with Crippen LogP contribution in [0.5, 0.6) is 0 Å². The largest absolute Gasteiger partial charge is 0.389 e. The van der Waals surface area contributed by atoms with Crippen LogP contribution in [-0.2, 0) is 19.2 Å². The lowest BCUT2D eigenvalue weighted by Crippen LogP contribution is -2.45. The lowest BCUT2D eigenvalue weighted by atomic mass is 9.71. The number of likely N-dealkylation sites (tertiary alicyclic amines) is 1. The maximum absolute atomic E-state index is 12.6. The number of hydrogen-bond donors (Lipinski definition) is 0. The SMILES string of the molecule is CCN1C(=O)[C@@H]2[C@H]3O[C@@H]([C@@H]4C(c5ccc(C#N)cc5)=NO[C@H]34)[C@@H]2C1=O. The van der Waals surface area contributed by atoms with Crippen molar-refractivity contribution in [1.29, 1.82) is 5.26 Å². The molecule has 0 unspecified atom stereocenters. The Morgan fingerprint density at radius 2 is 1.76 bits per heavy atom. The molecule has 0 saturated carbocycles. The summed E-state index contributed by atoms with van der Waals surface area (Å²) in [5, 5.41) is 13.2. The lowest BCUT2D eigenvalue weighted by Gasteiger charge is -2.26. The van der Waals surface area contributed by atoms with Crippen LogP contribution in [0, 0.1) is 29.1 Å². The van der Waals surface area contributed by atoms with Crippen LogP contribution in [0.3, 0.4) is 0 Å². The van der Waals surface area contributed by atoms with Crippen LogP contribution in [0.2, 0.25) is 0 Å². The minimum absolute atomic E-state index is 0.144. The Bertz CT molecular complexity index is 856. The molecule has 1 aromatic rings. The summed E-state index contributed by atoms with van der Waals surface area (Å²) in [4.78, 5) is 32.1. The highest BCUT2D eigenvalue weighted by molar-refractivity contribution is 6.09. The molecular weight excluding hydrogens is 322 g/mol. The van der Waals surface area contributed by atoms with Gasteiger partial charge in [-0.3, -0.25) is 14.5 Å². The smallest absolute Gasteiger partial charge is 0.235 e. The van der Waals surface area contributed by atoms with Crippen molar-refractivity contribution >= 4 is 17.5 Å². The summed E-state index contributed by atoms with van der Waals surface area (Å²) in [6.07, 6.45) is -1.14. The molecule has 0 spiro atoms. The Morgan fingerprint density at radius 3 is 2.40 bits per heavy atom. The van der Waals surface area contributed by atoms with Crippen LogP contribution < -0.4 is 0 Å². The van der Waals surface area contributed by atoms with Gasteiger partial charge in [0.05, 0.1) is 41.2 Å². The maximum Gasteiger partial charge on any atom is 0.235 e. The molecule has 0 N–H and O–H groups in total. The van der Waals surface area contributed by atoms with Gasteiger partial charge < -0.3 is 9.57 Å². The van der Waals surface area contributed by atoms with Gasteiger partial charge in [-0.25, -0.2) is 0 Å². The van der Waals surface area contributed by atoms with E-state index in [0.717, 1.165) is 11.3 Å². The Labute approximate surface area is 143 Å². The number of hydrogen-bond acceptors (Lipinski definition) is 6. The zero-order chi connectivity index (χ0) is 17.3. The first-order valence-corrected chi connectivity index (χ1v) is 8.40. The van der Waals surface area contributed by atoms with Gasteiger partial charge in [-0.05, 0) is 24.6 Å². The number of nitriles is 1. The average molecular weight is 337 g/mol. The summed E-state index contributed by atoms with van der Waals surface area (Å²) in [7, 11) is 0. The first kappa shape index (κ1) is 14.6. The molecule has 1 aromatic carbocycles. The minimum atomic E-state index is -0.450. The fourth-order valence-electron chi connectivity index (χ4n) is 4.68. The number of nitrogens with zero attached hydrogens (tertiary/aromatic N) is 3. The first-order chi connectivity index (χ1) is 12.2. The molecule has 5 rings (SSSR count). The summed E-state index contributed by atoms with van der Waals surface area (Å²) < 4.78 is 6.01. The second-order valence-corrected chi connectivity index (χ2v) is 6.80. The number of rotatable bonds is 2. The van der Waals surface area contributed by atoms with E-state index < -0.39 is 17.9 Å². The van der Waals surface area contributed by atoms with E-state index in [4.69, 9.17) is 14.8 Å². The third-order valence-corrected chi connectivity index (χ3v) is 5.76. The van der Waals surface area contributed by atoms with Gasteiger partial charge in [0.2, 0.25) is 11.8 Å². The highest BCUT2D eigenvalue weighted by atomic mass is 16.7. The van der Waals surface area contributed by atoms with Crippen molar-refractivity contribution in [3.05, 3.63) is 35.4 Å². The van der Waals surface area contributed by atoms with E-state index >= 15 is 0 Å². The van der Waals surface area contributed by atoms with E-state index in [1.54, 1.807) is 19.1 Å². The van der Waals surface area contributed by atoms with E-state index in [2.05, 4.69) is 11.2 Å². The molecule has 7 nitrogen and oxygen atoms in total. The minimum Gasteiger partial charge on any atom is -0.389 e. The molecule has 2 amide bonds. The Morgan fingerprint density at radius 1 is 1.08 bits per heavy atom. The number of oxime groups is 1. The summed E-state index contributed by atoms with van der Waals surface area (Å²) in [6, 6.07) is 9.19. The molecule has 3 saturated heterocycles. The Kier molecular flexibility index (Phi) is 2.86. The Balaban J connectivity index is 1.49. The molecule has 3 fully saturated rings. The molecule has 7 heteroatoms. The first-order valence-electron chi connectivity index (χ1n) is 8.40. The van der Waals surface area contributed by atoms with E-state index in [-0.39, 0.29) is 29.9 Å². The summed E-state index contributed by atoms with van der Waals surface area (Å²) in [5.41, 5.74) is 2.15. The molecule has 4 heterocycles. The van der Waals surface area contributed by atoms with Gasteiger partial charge in [-0.2, -0.15) is 5.26 Å². The summed E-state index contributed by atoms with van der Waals surface area (Å²) in [6.45, 7) is 2.19. The van der Waals surface area contributed by atoms with E-state index in [1.807, 2.05) is 12.1 Å². The third kappa shape index (κ3) is 1.70. The van der Waals surface area contributed by atoms with Crippen LogP contribution in [0.1, 0.15) is 18.1 Å². The number of amides is 2. The van der Waals surface area contributed by atoms with Gasteiger partial charge >= 0.3 is 0 Å². The van der Waals surface area contributed by atoms with Gasteiger partial charge in [0, 0.05) is 6.54 Å². The van der Waals surface area contributed by atoms with Crippen LogP contribution in [0.15, 0.2) is 29.4 Å². The van der Waals surface area contributed by atoms with Gasteiger partial charge in [0.15, 0.2) is 6.10 Å². The van der Waals surface area contributed by atoms with Gasteiger partial charge in [0.25, 0.3) is 0 Å². The van der Waals surface area contributed by atoms with E-state index in [0.29, 0.717) is 12.1 Å². The topological polar surface area (TPSA) is 92.0 Å². The maximum atomic E-state index is 12.6. The highest BCUT2D eigenvalue weighted by Crippen LogP contribution is 2.54. The van der Waals surface area contributed by atoms with Crippen molar-refractivity contribution in [2.45, 2.75) is 25.2 Å².